The van der Waals surface area contributed by atoms with Gasteiger partial charge in [-0.25, -0.2) is 4.98 Å². The second kappa shape index (κ2) is 4.25. The number of imidazole rings is 1. The SMILES string of the molecule is Cc1cn2c(CCN)c(-c3cccs3)nc2s1. The monoisotopic (exact) mass is 263 g/mol. The first-order valence-corrected chi connectivity index (χ1v) is 7.20. The number of thiazole rings is 1. The van der Waals surface area contributed by atoms with Gasteiger partial charge >= 0.3 is 0 Å². The highest BCUT2D eigenvalue weighted by molar-refractivity contribution is 7.17. The molecule has 3 aromatic rings. The molecule has 0 amide bonds. The summed E-state index contributed by atoms with van der Waals surface area (Å²) in [5, 5.41) is 2.08. The van der Waals surface area contributed by atoms with E-state index in [2.05, 4.69) is 35.0 Å². The quantitative estimate of drug-likeness (QED) is 0.789. The van der Waals surface area contributed by atoms with Crippen molar-refractivity contribution < 1.29 is 0 Å². The van der Waals surface area contributed by atoms with Crippen molar-refractivity contribution in [2.24, 2.45) is 5.73 Å². The van der Waals surface area contributed by atoms with Gasteiger partial charge in [-0.3, -0.25) is 4.40 Å². The van der Waals surface area contributed by atoms with E-state index in [4.69, 9.17) is 10.7 Å². The molecule has 0 radical (unpaired) electrons. The first kappa shape index (κ1) is 11.0. The van der Waals surface area contributed by atoms with Gasteiger partial charge in [-0.05, 0) is 24.9 Å². The number of nitrogens with two attached hydrogens (primary N) is 1. The van der Waals surface area contributed by atoms with Crippen molar-refractivity contribution in [2.45, 2.75) is 13.3 Å². The molecule has 2 N–H and O–H groups in total. The average molecular weight is 263 g/mol. The van der Waals surface area contributed by atoms with E-state index in [0.717, 1.165) is 17.1 Å². The lowest BCUT2D eigenvalue weighted by atomic mass is 10.2. The smallest absolute Gasteiger partial charge is 0.194 e. The molecule has 0 bridgehead atoms. The van der Waals surface area contributed by atoms with E-state index < -0.39 is 0 Å². The van der Waals surface area contributed by atoms with Crippen LogP contribution in [0.25, 0.3) is 15.5 Å². The molecule has 3 nitrogen and oxygen atoms in total. The van der Waals surface area contributed by atoms with Crippen LogP contribution in [0.4, 0.5) is 0 Å². The molecule has 0 aliphatic carbocycles. The fourth-order valence-corrected chi connectivity index (χ4v) is 3.57. The number of thiophene rings is 1. The lowest BCUT2D eigenvalue weighted by Crippen LogP contribution is -2.05. The van der Waals surface area contributed by atoms with Crippen LogP contribution >= 0.6 is 22.7 Å². The van der Waals surface area contributed by atoms with Crippen LogP contribution in [-0.4, -0.2) is 15.9 Å². The first-order chi connectivity index (χ1) is 8.29. The molecule has 0 aliphatic rings. The van der Waals surface area contributed by atoms with E-state index in [-0.39, 0.29) is 0 Å². The van der Waals surface area contributed by atoms with Gasteiger partial charge in [-0.15, -0.1) is 22.7 Å². The van der Waals surface area contributed by atoms with Crippen molar-refractivity contribution >= 4 is 27.6 Å². The van der Waals surface area contributed by atoms with Gasteiger partial charge in [-0.1, -0.05) is 6.07 Å². The number of hydrogen-bond acceptors (Lipinski definition) is 4. The maximum absolute atomic E-state index is 5.71. The highest BCUT2D eigenvalue weighted by atomic mass is 32.1. The Labute approximate surface area is 108 Å². The Morgan fingerprint density at radius 1 is 1.47 bits per heavy atom. The maximum Gasteiger partial charge on any atom is 0.194 e. The predicted octanol–water partition coefficient (Wildman–Crippen LogP) is 2.93. The summed E-state index contributed by atoms with van der Waals surface area (Å²) in [6, 6.07) is 4.18. The minimum atomic E-state index is 0.654. The number of aryl methyl sites for hydroxylation is 1. The third-order valence-corrected chi connectivity index (χ3v) is 4.45. The molecule has 0 aromatic carbocycles. The van der Waals surface area contributed by atoms with Crippen LogP contribution in [0.2, 0.25) is 0 Å². The molecular formula is C12H13N3S2. The van der Waals surface area contributed by atoms with Crippen LogP contribution < -0.4 is 5.73 Å². The zero-order valence-electron chi connectivity index (χ0n) is 9.51. The molecule has 0 saturated carbocycles. The second-order valence-corrected chi connectivity index (χ2v) is 6.08. The molecule has 3 rings (SSSR count). The van der Waals surface area contributed by atoms with Crippen molar-refractivity contribution in [3.05, 3.63) is 34.3 Å². The third kappa shape index (κ3) is 1.80. The van der Waals surface area contributed by atoms with Gasteiger partial charge in [0.25, 0.3) is 0 Å². The van der Waals surface area contributed by atoms with E-state index in [9.17, 15) is 0 Å². The van der Waals surface area contributed by atoms with E-state index in [1.165, 1.54) is 15.4 Å². The van der Waals surface area contributed by atoms with Gasteiger partial charge in [-0.2, -0.15) is 0 Å². The average Bonchev–Trinajstić information content (AvgIpc) is 2.95. The summed E-state index contributed by atoms with van der Waals surface area (Å²) in [4.78, 5) is 8.30. The Hall–Kier alpha value is -1.17. The van der Waals surface area contributed by atoms with Crippen LogP contribution in [0.15, 0.2) is 23.7 Å². The van der Waals surface area contributed by atoms with Gasteiger partial charge in [0.15, 0.2) is 4.96 Å². The molecule has 0 fully saturated rings. The molecule has 5 heteroatoms. The number of fused-ring (bicyclic) bond motifs is 1. The largest absolute Gasteiger partial charge is 0.330 e. The van der Waals surface area contributed by atoms with Gasteiger partial charge in [0.05, 0.1) is 10.6 Å². The van der Waals surface area contributed by atoms with Crippen molar-refractivity contribution in [1.82, 2.24) is 9.38 Å². The Balaban J connectivity index is 2.23. The van der Waals surface area contributed by atoms with Crippen LogP contribution in [-0.2, 0) is 6.42 Å². The lowest BCUT2D eigenvalue weighted by Gasteiger charge is -2.00. The number of hydrogen-bond donors (Lipinski definition) is 1. The summed E-state index contributed by atoms with van der Waals surface area (Å²) in [5.41, 5.74) is 8.03. The maximum atomic E-state index is 5.71. The molecule has 0 aliphatic heterocycles. The minimum absolute atomic E-state index is 0.654. The Kier molecular flexibility index (Phi) is 2.74. The van der Waals surface area contributed by atoms with Crippen molar-refractivity contribution in [1.29, 1.82) is 0 Å². The second-order valence-electron chi connectivity index (χ2n) is 3.92. The van der Waals surface area contributed by atoms with Gasteiger partial charge in [0.2, 0.25) is 0 Å². The number of nitrogens with zero attached hydrogens (tertiary/aromatic N) is 2. The number of aromatic nitrogens is 2. The summed E-state index contributed by atoms with van der Waals surface area (Å²) >= 11 is 3.45. The Morgan fingerprint density at radius 2 is 2.35 bits per heavy atom. The highest BCUT2D eigenvalue weighted by Crippen LogP contribution is 2.31. The fourth-order valence-electron chi connectivity index (χ4n) is 1.99. The van der Waals surface area contributed by atoms with Crippen molar-refractivity contribution in [3.8, 4) is 10.6 Å². The van der Waals surface area contributed by atoms with Crippen LogP contribution in [0.3, 0.4) is 0 Å². The normalized spacial score (nSPS) is 11.4. The zero-order valence-corrected chi connectivity index (χ0v) is 11.1. The predicted molar refractivity (Wildman–Crippen MR) is 73.9 cm³/mol. The van der Waals surface area contributed by atoms with E-state index in [1.54, 1.807) is 22.7 Å². The van der Waals surface area contributed by atoms with Gasteiger partial charge in [0.1, 0.15) is 5.69 Å². The molecule has 17 heavy (non-hydrogen) atoms. The molecule has 88 valence electrons. The summed E-state index contributed by atoms with van der Waals surface area (Å²) in [6.45, 7) is 2.76. The summed E-state index contributed by atoms with van der Waals surface area (Å²) in [7, 11) is 0. The summed E-state index contributed by atoms with van der Waals surface area (Å²) in [6.07, 6.45) is 3.01. The summed E-state index contributed by atoms with van der Waals surface area (Å²) in [5.74, 6) is 0. The molecular weight excluding hydrogens is 250 g/mol. The zero-order chi connectivity index (χ0) is 11.8. The molecule has 0 unspecified atom stereocenters. The Morgan fingerprint density at radius 3 is 3.06 bits per heavy atom. The van der Waals surface area contributed by atoms with E-state index >= 15 is 0 Å². The van der Waals surface area contributed by atoms with E-state index in [1.807, 2.05) is 0 Å². The van der Waals surface area contributed by atoms with Crippen molar-refractivity contribution in [3.63, 3.8) is 0 Å². The Bertz CT molecular complexity index is 634. The number of rotatable bonds is 3. The fraction of sp³-hybridized carbons (Fsp3) is 0.250. The molecule has 3 aromatic heterocycles. The standard InChI is InChI=1S/C12H13N3S2/c1-8-7-15-9(4-5-13)11(14-12(15)17-8)10-3-2-6-16-10/h2-3,6-7H,4-5,13H2,1H3. The van der Waals surface area contributed by atoms with Crippen molar-refractivity contribution in [2.75, 3.05) is 6.54 Å². The molecule has 0 saturated heterocycles. The van der Waals surface area contributed by atoms with Gasteiger partial charge < -0.3 is 5.73 Å². The van der Waals surface area contributed by atoms with Gasteiger partial charge in [0, 0.05) is 17.5 Å². The molecule has 0 atom stereocenters. The third-order valence-electron chi connectivity index (χ3n) is 2.68. The minimum Gasteiger partial charge on any atom is -0.330 e. The molecule has 3 heterocycles. The topological polar surface area (TPSA) is 43.3 Å². The van der Waals surface area contributed by atoms with Crippen LogP contribution in [0.5, 0.6) is 0 Å². The molecule has 0 spiro atoms. The van der Waals surface area contributed by atoms with Crippen LogP contribution in [0, 0.1) is 6.92 Å². The van der Waals surface area contributed by atoms with E-state index in [0.29, 0.717) is 6.54 Å². The highest BCUT2D eigenvalue weighted by Gasteiger charge is 2.15. The summed E-state index contributed by atoms with van der Waals surface area (Å²) < 4.78 is 2.18. The lowest BCUT2D eigenvalue weighted by molar-refractivity contribution is 0.910. The first-order valence-electron chi connectivity index (χ1n) is 5.51. The van der Waals surface area contributed by atoms with Crippen LogP contribution in [0.1, 0.15) is 10.6 Å².